The van der Waals surface area contributed by atoms with Crippen LogP contribution in [0.2, 0.25) is 0 Å². The first-order valence-corrected chi connectivity index (χ1v) is 9.00. The lowest BCUT2D eigenvalue weighted by atomic mass is 10.1. The highest BCUT2D eigenvalue weighted by Crippen LogP contribution is 2.22. The molecule has 0 saturated carbocycles. The third-order valence-electron chi connectivity index (χ3n) is 3.83. The second-order valence-corrected chi connectivity index (χ2v) is 6.90. The molecular weight excluding hydrogens is 312 g/mol. The van der Waals surface area contributed by atoms with Crippen molar-refractivity contribution in [2.75, 3.05) is 34.8 Å². The lowest BCUT2D eigenvalue weighted by Gasteiger charge is -2.27. The molecule has 2 aromatic heterocycles. The van der Waals surface area contributed by atoms with Crippen molar-refractivity contribution in [3.8, 4) is 0 Å². The third kappa shape index (κ3) is 4.39. The van der Waals surface area contributed by atoms with Crippen LogP contribution in [0.3, 0.4) is 0 Å². The highest BCUT2D eigenvalue weighted by Gasteiger charge is 2.16. The first kappa shape index (κ1) is 16.1. The van der Waals surface area contributed by atoms with Gasteiger partial charge in [-0.3, -0.25) is 0 Å². The van der Waals surface area contributed by atoms with Crippen LogP contribution >= 0.6 is 11.8 Å². The smallest absolute Gasteiger partial charge is 0.134 e. The number of rotatable bonds is 6. The van der Waals surface area contributed by atoms with E-state index in [1.54, 1.807) is 24.7 Å². The third-order valence-corrected chi connectivity index (χ3v) is 4.77. The molecule has 2 N–H and O–H groups in total. The monoisotopic (exact) mass is 334 g/mol. The molecule has 0 bridgehead atoms. The zero-order chi connectivity index (χ0) is 16.1. The summed E-state index contributed by atoms with van der Waals surface area (Å²) in [4.78, 5) is 10.9. The van der Waals surface area contributed by atoms with E-state index < -0.39 is 6.10 Å². The molecule has 7 heteroatoms. The van der Waals surface area contributed by atoms with Crippen LogP contribution in [0.4, 0.5) is 11.6 Å². The number of anilines is 2. The normalized spacial score (nSPS) is 17.7. The molecule has 1 aliphatic rings. The van der Waals surface area contributed by atoms with Gasteiger partial charge in [-0.1, -0.05) is 0 Å². The fourth-order valence-electron chi connectivity index (χ4n) is 2.63. The van der Waals surface area contributed by atoms with Crippen molar-refractivity contribution in [2.24, 2.45) is 0 Å². The van der Waals surface area contributed by atoms with Crippen molar-refractivity contribution in [1.29, 1.82) is 0 Å². The molecule has 23 heavy (non-hydrogen) atoms. The van der Waals surface area contributed by atoms with Gasteiger partial charge in [0.15, 0.2) is 0 Å². The van der Waals surface area contributed by atoms with Gasteiger partial charge >= 0.3 is 0 Å². The molecule has 0 radical (unpaired) electrons. The second-order valence-electron chi connectivity index (χ2n) is 5.67. The first-order chi connectivity index (χ1) is 11.2. The average Bonchev–Trinajstić information content (AvgIpc) is 3.10. The minimum absolute atomic E-state index is 0.0646. The Hall–Kier alpha value is -1.73. The number of nitrogens with one attached hydrogen (secondary N) is 1. The molecule has 2 aromatic rings. The SMILES string of the molecule is C[C@H](C[C@H](O)c1ccco1)Nc1cc(N2CCSCC2)ncn1. The maximum absolute atomic E-state index is 10.1. The van der Waals surface area contributed by atoms with E-state index >= 15 is 0 Å². The van der Waals surface area contributed by atoms with Crippen LogP contribution in [0.15, 0.2) is 35.2 Å². The van der Waals surface area contributed by atoms with Gasteiger partial charge in [-0.15, -0.1) is 0 Å². The summed E-state index contributed by atoms with van der Waals surface area (Å²) in [5.74, 6) is 4.61. The number of nitrogens with zero attached hydrogens (tertiary/aromatic N) is 3. The predicted octanol–water partition coefficient (Wildman–Crippen LogP) is 2.55. The van der Waals surface area contributed by atoms with Gasteiger partial charge in [-0.2, -0.15) is 11.8 Å². The molecule has 0 unspecified atom stereocenters. The van der Waals surface area contributed by atoms with Gasteiger partial charge in [0.1, 0.15) is 29.8 Å². The standard InChI is InChI=1S/C16H22N4O2S/c1-12(9-13(21)14-3-2-6-22-14)19-15-10-16(18-11-17-15)20-4-7-23-8-5-20/h2-3,6,10-13,21H,4-5,7-9H2,1H3,(H,17,18,19)/t12-,13+/m1/s1. The molecule has 0 amide bonds. The minimum atomic E-state index is -0.618. The van der Waals surface area contributed by atoms with Crippen LogP contribution in [0.5, 0.6) is 0 Å². The van der Waals surface area contributed by atoms with Gasteiger partial charge in [0.25, 0.3) is 0 Å². The number of hydrogen-bond acceptors (Lipinski definition) is 7. The van der Waals surface area contributed by atoms with Gasteiger partial charge in [-0.05, 0) is 19.1 Å². The minimum Gasteiger partial charge on any atom is -0.467 e. The predicted molar refractivity (Wildman–Crippen MR) is 92.9 cm³/mol. The van der Waals surface area contributed by atoms with E-state index in [2.05, 4.69) is 20.2 Å². The van der Waals surface area contributed by atoms with Crippen molar-refractivity contribution in [3.05, 3.63) is 36.5 Å². The van der Waals surface area contributed by atoms with Gasteiger partial charge in [-0.25, -0.2) is 9.97 Å². The van der Waals surface area contributed by atoms with Crippen molar-refractivity contribution >= 4 is 23.4 Å². The lowest BCUT2D eigenvalue weighted by molar-refractivity contribution is 0.136. The molecule has 1 fully saturated rings. The first-order valence-electron chi connectivity index (χ1n) is 7.85. The Morgan fingerprint density at radius 1 is 1.39 bits per heavy atom. The molecule has 3 rings (SSSR count). The molecule has 6 nitrogen and oxygen atoms in total. The van der Waals surface area contributed by atoms with Gasteiger partial charge in [0.05, 0.1) is 6.26 Å². The summed E-state index contributed by atoms with van der Waals surface area (Å²) in [5.41, 5.74) is 0. The van der Waals surface area contributed by atoms with E-state index in [4.69, 9.17) is 4.42 Å². The van der Waals surface area contributed by atoms with E-state index in [1.807, 2.05) is 24.8 Å². The Bertz CT molecular complexity index is 602. The maximum atomic E-state index is 10.1. The quantitative estimate of drug-likeness (QED) is 0.841. The van der Waals surface area contributed by atoms with E-state index in [9.17, 15) is 5.11 Å². The second kappa shape index (κ2) is 7.70. The number of aliphatic hydroxyl groups is 1. The zero-order valence-electron chi connectivity index (χ0n) is 13.2. The van der Waals surface area contributed by atoms with Crippen molar-refractivity contribution in [3.63, 3.8) is 0 Å². The summed E-state index contributed by atoms with van der Waals surface area (Å²) < 4.78 is 5.23. The fraction of sp³-hybridized carbons (Fsp3) is 0.500. The molecule has 3 heterocycles. The molecule has 124 valence electrons. The topological polar surface area (TPSA) is 74.4 Å². The number of hydrogen-bond donors (Lipinski definition) is 2. The Balaban J connectivity index is 1.58. The molecule has 1 saturated heterocycles. The van der Waals surface area contributed by atoms with Gasteiger partial charge in [0.2, 0.25) is 0 Å². The fourth-order valence-corrected chi connectivity index (χ4v) is 3.54. The van der Waals surface area contributed by atoms with E-state index in [0.717, 1.165) is 36.2 Å². The van der Waals surface area contributed by atoms with Crippen LogP contribution in [-0.4, -0.2) is 45.7 Å². The Morgan fingerprint density at radius 2 is 2.22 bits per heavy atom. The number of aliphatic hydroxyl groups excluding tert-OH is 1. The summed E-state index contributed by atoms with van der Waals surface area (Å²) in [5, 5.41) is 13.5. The maximum Gasteiger partial charge on any atom is 0.134 e. The van der Waals surface area contributed by atoms with Gasteiger partial charge in [0, 0.05) is 43.1 Å². The largest absolute Gasteiger partial charge is 0.467 e. The number of furan rings is 1. The molecule has 0 spiro atoms. The average molecular weight is 334 g/mol. The Morgan fingerprint density at radius 3 is 2.96 bits per heavy atom. The lowest BCUT2D eigenvalue weighted by Crippen LogP contribution is -2.33. The van der Waals surface area contributed by atoms with Crippen LogP contribution in [-0.2, 0) is 0 Å². The molecule has 1 aliphatic heterocycles. The van der Waals surface area contributed by atoms with E-state index in [0.29, 0.717) is 12.2 Å². The summed E-state index contributed by atoms with van der Waals surface area (Å²) in [6, 6.07) is 5.61. The van der Waals surface area contributed by atoms with E-state index in [1.165, 1.54) is 0 Å². The number of aromatic nitrogens is 2. The molecule has 2 atom stereocenters. The highest BCUT2D eigenvalue weighted by atomic mass is 32.2. The summed E-state index contributed by atoms with van der Waals surface area (Å²) in [6.07, 6.45) is 3.10. The summed E-state index contributed by atoms with van der Waals surface area (Å²) >= 11 is 1.98. The van der Waals surface area contributed by atoms with Gasteiger partial charge < -0.3 is 19.7 Å². The molecular formula is C16H22N4O2S. The van der Waals surface area contributed by atoms with Crippen LogP contribution < -0.4 is 10.2 Å². The summed E-state index contributed by atoms with van der Waals surface area (Å²) in [7, 11) is 0. The summed E-state index contributed by atoms with van der Waals surface area (Å²) in [6.45, 7) is 4.06. The van der Waals surface area contributed by atoms with Crippen molar-refractivity contribution in [1.82, 2.24) is 9.97 Å². The van der Waals surface area contributed by atoms with Crippen LogP contribution in [0.25, 0.3) is 0 Å². The Labute approximate surface area is 140 Å². The van der Waals surface area contributed by atoms with Crippen LogP contribution in [0.1, 0.15) is 25.2 Å². The molecule has 0 aromatic carbocycles. The van der Waals surface area contributed by atoms with Crippen LogP contribution in [0, 0.1) is 0 Å². The Kier molecular flexibility index (Phi) is 5.40. The molecule has 0 aliphatic carbocycles. The zero-order valence-corrected chi connectivity index (χ0v) is 14.0. The van der Waals surface area contributed by atoms with E-state index in [-0.39, 0.29) is 6.04 Å². The van der Waals surface area contributed by atoms with Crippen molar-refractivity contribution < 1.29 is 9.52 Å². The highest BCUT2D eigenvalue weighted by molar-refractivity contribution is 7.99. The number of thioether (sulfide) groups is 1. The van der Waals surface area contributed by atoms with Crippen molar-refractivity contribution in [2.45, 2.75) is 25.5 Å².